The summed E-state index contributed by atoms with van der Waals surface area (Å²) in [6, 6.07) is 16.9. The Bertz CT molecular complexity index is 1410. The second-order valence-corrected chi connectivity index (χ2v) is 9.63. The fraction of sp³-hybridized carbons (Fsp3) is 0.333. The molecule has 204 valence electrons. The van der Waals surface area contributed by atoms with Crippen molar-refractivity contribution >= 4 is 17.7 Å². The molecule has 39 heavy (non-hydrogen) atoms. The Balaban J connectivity index is 1.36. The number of ether oxygens (including phenoxy) is 3. The van der Waals surface area contributed by atoms with Gasteiger partial charge in [-0.3, -0.25) is 14.5 Å². The predicted molar refractivity (Wildman–Crippen MR) is 146 cm³/mol. The van der Waals surface area contributed by atoms with Gasteiger partial charge in [0, 0.05) is 43.5 Å². The van der Waals surface area contributed by atoms with E-state index >= 15 is 0 Å². The maximum absolute atomic E-state index is 12.8. The predicted octanol–water partition coefficient (Wildman–Crippen LogP) is 3.80. The van der Waals surface area contributed by atoms with Crippen LogP contribution in [0.3, 0.4) is 0 Å². The molecular formula is C30H32N2O7. The van der Waals surface area contributed by atoms with E-state index in [0.717, 1.165) is 48.9 Å². The van der Waals surface area contributed by atoms with Gasteiger partial charge in [-0.25, -0.2) is 0 Å². The van der Waals surface area contributed by atoms with Crippen molar-refractivity contribution in [2.75, 3.05) is 51.9 Å². The third kappa shape index (κ3) is 5.93. The lowest BCUT2D eigenvalue weighted by molar-refractivity contribution is -0.141. The Hall–Kier alpha value is -4.24. The zero-order chi connectivity index (χ0) is 27.4. The van der Waals surface area contributed by atoms with Crippen LogP contribution in [0.4, 0.5) is 5.69 Å². The normalized spacial score (nSPS) is 16.1. The molecule has 5 rings (SSSR count). The molecule has 9 nitrogen and oxygen atoms in total. The number of aromatic hydroxyl groups is 1. The Kier molecular flexibility index (Phi) is 7.88. The molecule has 1 aromatic heterocycles. The number of carbonyl (C=O) groups excluding carboxylic acids is 1. The first kappa shape index (κ1) is 26.4. The van der Waals surface area contributed by atoms with Crippen molar-refractivity contribution in [3.63, 3.8) is 0 Å². The molecule has 0 amide bonds. The van der Waals surface area contributed by atoms with Gasteiger partial charge >= 0.3 is 5.97 Å². The van der Waals surface area contributed by atoms with Gasteiger partial charge in [0.2, 0.25) is 11.2 Å². The number of esters is 1. The van der Waals surface area contributed by atoms with Crippen LogP contribution >= 0.6 is 0 Å². The molecule has 0 radical (unpaired) electrons. The first-order valence-electron chi connectivity index (χ1n) is 12.9. The molecule has 2 aromatic carbocycles. The second-order valence-electron chi connectivity index (χ2n) is 9.63. The Labute approximate surface area is 226 Å². The molecule has 1 saturated heterocycles. The third-order valence-corrected chi connectivity index (χ3v) is 7.21. The molecule has 0 spiro atoms. The van der Waals surface area contributed by atoms with Gasteiger partial charge in [-0.2, -0.15) is 0 Å². The molecule has 3 heterocycles. The van der Waals surface area contributed by atoms with E-state index < -0.39 is 23.1 Å². The maximum Gasteiger partial charge on any atom is 0.306 e. The van der Waals surface area contributed by atoms with E-state index in [2.05, 4.69) is 9.80 Å². The number of piperazine rings is 1. The Morgan fingerprint density at radius 3 is 2.51 bits per heavy atom. The molecule has 1 fully saturated rings. The van der Waals surface area contributed by atoms with Crippen molar-refractivity contribution in [3.8, 4) is 17.2 Å². The first-order chi connectivity index (χ1) is 18.9. The molecule has 0 aliphatic carbocycles. The van der Waals surface area contributed by atoms with Crippen LogP contribution in [0.15, 0.2) is 69.4 Å². The van der Waals surface area contributed by atoms with Crippen LogP contribution < -0.4 is 19.8 Å². The summed E-state index contributed by atoms with van der Waals surface area (Å²) in [7, 11) is 2.95. The number of methoxy groups -OCH3 is 2. The maximum atomic E-state index is 12.8. The number of rotatable bonds is 8. The minimum atomic E-state index is -0.717. The second kappa shape index (κ2) is 11.7. The van der Waals surface area contributed by atoms with Gasteiger partial charge in [0.25, 0.3) is 0 Å². The first-order valence-corrected chi connectivity index (χ1v) is 12.9. The summed E-state index contributed by atoms with van der Waals surface area (Å²) in [4.78, 5) is 29.7. The summed E-state index contributed by atoms with van der Waals surface area (Å²) in [5.41, 5.74) is 2.14. The lowest BCUT2D eigenvalue weighted by Gasteiger charge is -2.36. The molecule has 0 bridgehead atoms. The van der Waals surface area contributed by atoms with Gasteiger partial charge in [-0.15, -0.1) is 0 Å². The van der Waals surface area contributed by atoms with E-state index in [0.29, 0.717) is 17.9 Å². The SMILES string of the molecule is COC(=O)C[C@@H](C1=Cc2ccccc2OC1)c1oc(CN2CCN(c3ccc(OC)cc3)CC2)cc(=O)c1O. The molecule has 1 N–H and O–H groups in total. The highest BCUT2D eigenvalue weighted by Crippen LogP contribution is 2.38. The molecule has 0 saturated carbocycles. The van der Waals surface area contributed by atoms with E-state index in [1.54, 1.807) is 7.11 Å². The van der Waals surface area contributed by atoms with Crippen LogP contribution in [0.25, 0.3) is 6.08 Å². The van der Waals surface area contributed by atoms with E-state index in [1.807, 2.05) is 54.6 Å². The minimum Gasteiger partial charge on any atom is -0.502 e. The van der Waals surface area contributed by atoms with Gasteiger partial charge < -0.3 is 28.6 Å². The zero-order valence-corrected chi connectivity index (χ0v) is 22.1. The van der Waals surface area contributed by atoms with Crippen molar-refractivity contribution in [2.45, 2.75) is 18.9 Å². The molecule has 2 aliphatic rings. The van der Waals surface area contributed by atoms with Crippen molar-refractivity contribution in [1.29, 1.82) is 0 Å². The minimum absolute atomic E-state index is 0.0500. The zero-order valence-electron chi connectivity index (χ0n) is 22.1. The highest BCUT2D eigenvalue weighted by molar-refractivity contribution is 5.73. The standard InChI is InChI=1S/C30H32N2O7/c1-36-23-9-7-22(8-10-23)32-13-11-31(12-14-32)18-24-16-26(33)29(35)30(39-24)25(17-28(34)37-2)21-15-20-5-3-4-6-27(20)38-19-21/h3-10,15-16,25,35H,11-14,17-19H2,1-2H3/t25-/m0/s1. The van der Waals surface area contributed by atoms with Crippen LogP contribution in [0, 0.1) is 0 Å². The van der Waals surface area contributed by atoms with Gasteiger partial charge in [0.05, 0.1) is 33.1 Å². The number of nitrogens with zero attached hydrogens (tertiary/aromatic N) is 2. The molecule has 9 heteroatoms. The average molecular weight is 533 g/mol. The van der Waals surface area contributed by atoms with Crippen molar-refractivity contribution in [1.82, 2.24) is 4.90 Å². The summed E-state index contributed by atoms with van der Waals surface area (Å²) < 4.78 is 22.2. The average Bonchev–Trinajstić information content (AvgIpc) is 2.98. The smallest absolute Gasteiger partial charge is 0.306 e. The van der Waals surface area contributed by atoms with Crippen LogP contribution in [-0.4, -0.2) is 63.0 Å². The number of para-hydroxylation sites is 1. The van der Waals surface area contributed by atoms with Crippen molar-refractivity contribution in [3.05, 3.63) is 87.5 Å². The largest absolute Gasteiger partial charge is 0.502 e. The third-order valence-electron chi connectivity index (χ3n) is 7.21. The fourth-order valence-electron chi connectivity index (χ4n) is 5.02. The van der Waals surface area contributed by atoms with Gasteiger partial charge in [-0.05, 0) is 42.0 Å². The number of benzene rings is 2. The van der Waals surface area contributed by atoms with E-state index in [9.17, 15) is 14.7 Å². The molecule has 2 aliphatic heterocycles. The molecule has 1 atom stereocenters. The Morgan fingerprint density at radius 2 is 1.79 bits per heavy atom. The topological polar surface area (TPSA) is 102 Å². The van der Waals surface area contributed by atoms with E-state index in [-0.39, 0.29) is 18.8 Å². The van der Waals surface area contributed by atoms with Crippen molar-refractivity contribution < 1.29 is 28.5 Å². The summed E-state index contributed by atoms with van der Waals surface area (Å²) in [6.07, 6.45) is 1.81. The van der Waals surface area contributed by atoms with Crippen LogP contribution in [0.5, 0.6) is 17.2 Å². The number of hydrogen-bond acceptors (Lipinski definition) is 9. The van der Waals surface area contributed by atoms with Crippen LogP contribution in [0.2, 0.25) is 0 Å². The summed E-state index contributed by atoms with van der Waals surface area (Å²) in [6.45, 7) is 3.77. The fourth-order valence-corrected chi connectivity index (χ4v) is 5.02. The molecule has 3 aromatic rings. The highest BCUT2D eigenvalue weighted by Gasteiger charge is 2.30. The van der Waals surface area contributed by atoms with Gasteiger partial charge in [0.15, 0.2) is 5.76 Å². The lowest BCUT2D eigenvalue weighted by Crippen LogP contribution is -2.46. The number of fused-ring (bicyclic) bond motifs is 1. The summed E-state index contributed by atoms with van der Waals surface area (Å²) >= 11 is 0. The monoisotopic (exact) mass is 532 g/mol. The van der Waals surface area contributed by atoms with Gasteiger partial charge in [-0.1, -0.05) is 18.2 Å². The Morgan fingerprint density at radius 1 is 1.05 bits per heavy atom. The summed E-state index contributed by atoms with van der Waals surface area (Å²) in [5.74, 6) is 0.323. The van der Waals surface area contributed by atoms with Crippen LogP contribution in [0.1, 0.15) is 29.4 Å². The number of hydrogen-bond donors (Lipinski definition) is 1. The number of carbonyl (C=O) groups is 1. The lowest BCUT2D eigenvalue weighted by atomic mass is 9.89. The van der Waals surface area contributed by atoms with Gasteiger partial charge in [0.1, 0.15) is 23.9 Å². The molecular weight excluding hydrogens is 500 g/mol. The highest BCUT2D eigenvalue weighted by atomic mass is 16.5. The summed E-state index contributed by atoms with van der Waals surface area (Å²) in [5, 5.41) is 10.8. The van der Waals surface area contributed by atoms with E-state index in [4.69, 9.17) is 18.6 Å². The van der Waals surface area contributed by atoms with Crippen LogP contribution in [-0.2, 0) is 16.1 Å². The van der Waals surface area contributed by atoms with E-state index in [1.165, 1.54) is 13.2 Å². The molecule has 0 unspecified atom stereocenters. The quantitative estimate of drug-likeness (QED) is 0.434. The number of anilines is 1. The van der Waals surface area contributed by atoms with Crippen molar-refractivity contribution in [2.24, 2.45) is 0 Å².